The Bertz CT molecular complexity index is 315. The first-order chi connectivity index (χ1) is 7.29. The van der Waals surface area contributed by atoms with Gasteiger partial charge in [0.2, 0.25) is 5.89 Å². The number of hydrogen-bond donors (Lipinski definition) is 1. The van der Waals surface area contributed by atoms with Crippen LogP contribution in [0.15, 0.2) is 9.64 Å². The molecule has 0 aromatic carbocycles. The molecule has 2 N–H and O–H groups in total. The molecule has 1 aromatic heterocycles. The Labute approximate surface area is 94.0 Å². The fraction of sp³-hybridized carbons (Fsp3) is 0.800. The first-order valence-electron chi connectivity index (χ1n) is 5.46. The molecule has 5 heteroatoms. The molecule has 1 saturated carbocycles. The molecule has 1 heterocycles. The summed E-state index contributed by atoms with van der Waals surface area (Å²) >= 11 is 1.70. The lowest BCUT2D eigenvalue weighted by Crippen LogP contribution is -2.28. The third-order valence-corrected chi connectivity index (χ3v) is 4.19. The predicted octanol–water partition coefficient (Wildman–Crippen LogP) is 1.99. The molecule has 1 aliphatic rings. The van der Waals surface area contributed by atoms with E-state index in [1.165, 1.54) is 25.7 Å². The highest BCUT2D eigenvalue weighted by atomic mass is 32.2. The minimum Gasteiger partial charge on any atom is -0.416 e. The van der Waals surface area contributed by atoms with Gasteiger partial charge in [-0.15, -0.1) is 10.2 Å². The van der Waals surface area contributed by atoms with Gasteiger partial charge in [-0.25, -0.2) is 0 Å². The minimum atomic E-state index is 0.559. The van der Waals surface area contributed by atoms with E-state index < -0.39 is 0 Å². The van der Waals surface area contributed by atoms with Crippen LogP contribution in [0, 0.1) is 12.8 Å². The highest BCUT2D eigenvalue weighted by Crippen LogP contribution is 2.36. The van der Waals surface area contributed by atoms with E-state index in [1.54, 1.807) is 11.8 Å². The maximum Gasteiger partial charge on any atom is 0.276 e. The van der Waals surface area contributed by atoms with Crippen LogP contribution in [0.1, 0.15) is 31.6 Å². The van der Waals surface area contributed by atoms with E-state index in [0.717, 1.165) is 6.54 Å². The van der Waals surface area contributed by atoms with Gasteiger partial charge in [0.1, 0.15) is 0 Å². The molecule has 0 spiro atoms. The van der Waals surface area contributed by atoms with Gasteiger partial charge in [-0.1, -0.05) is 24.6 Å². The van der Waals surface area contributed by atoms with Gasteiger partial charge < -0.3 is 10.2 Å². The van der Waals surface area contributed by atoms with Crippen LogP contribution in [0.2, 0.25) is 0 Å². The van der Waals surface area contributed by atoms with Crippen molar-refractivity contribution in [2.75, 3.05) is 6.54 Å². The number of hydrogen-bond acceptors (Lipinski definition) is 5. The largest absolute Gasteiger partial charge is 0.416 e. The molecule has 0 bridgehead atoms. The van der Waals surface area contributed by atoms with E-state index in [2.05, 4.69) is 10.2 Å². The highest BCUT2D eigenvalue weighted by molar-refractivity contribution is 7.99. The zero-order chi connectivity index (χ0) is 10.7. The molecule has 1 aromatic rings. The fourth-order valence-electron chi connectivity index (χ4n) is 2.05. The number of aryl methyl sites for hydroxylation is 1. The highest BCUT2D eigenvalue weighted by Gasteiger charge is 2.26. The van der Waals surface area contributed by atoms with Crippen molar-refractivity contribution in [3.8, 4) is 0 Å². The molecule has 1 fully saturated rings. The molecule has 0 radical (unpaired) electrons. The maximum absolute atomic E-state index is 5.77. The zero-order valence-corrected chi connectivity index (χ0v) is 9.80. The first-order valence-corrected chi connectivity index (χ1v) is 6.34. The summed E-state index contributed by atoms with van der Waals surface area (Å²) in [6.07, 6.45) is 5.05. The normalized spacial score (nSPS) is 26.8. The molecule has 0 aliphatic heterocycles. The second-order valence-corrected chi connectivity index (χ2v) is 5.21. The Kier molecular flexibility index (Phi) is 3.64. The molecular formula is C10H17N3OS. The number of nitrogens with two attached hydrogens (primary N) is 1. The van der Waals surface area contributed by atoms with Crippen LogP contribution in [-0.2, 0) is 0 Å². The lowest BCUT2D eigenvalue weighted by molar-refractivity contribution is 0.371. The van der Waals surface area contributed by atoms with Crippen LogP contribution >= 0.6 is 11.8 Å². The van der Waals surface area contributed by atoms with Gasteiger partial charge in [0.25, 0.3) is 5.22 Å². The molecule has 0 saturated heterocycles. The van der Waals surface area contributed by atoms with Crippen molar-refractivity contribution < 1.29 is 4.42 Å². The smallest absolute Gasteiger partial charge is 0.276 e. The fourth-order valence-corrected chi connectivity index (χ4v) is 3.29. The first kappa shape index (κ1) is 11.0. The van der Waals surface area contributed by atoms with Gasteiger partial charge >= 0.3 is 0 Å². The molecule has 84 valence electrons. The van der Waals surface area contributed by atoms with E-state index in [0.29, 0.717) is 22.3 Å². The Morgan fingerprint density at radius 1 is 1.40 bits per heavy atom. The number of thioether (sulfide) groups is 1. The summed E-state index contributed by atoms with van der Waals surface area (Å²) in [7, 11) is 0. The van der Waals surface area contributed by atoms with Crippen molar-refractivity contribution in [3.63, 3.8) is 0 Å². The van der Waals surface area contributed by atoms with Crippen LogP contribution in [-0.4, -0.2) is 22.0 Å². The van der Waals surface area contributed by atoms with Gasteiger partial charge in [0, 0.05) is 12.2 Å². The summed E-state index contributed by atoms with van der Waals surface area (Å²) in [4.78, 5) is 0. The standard InChI is InChI=1S/C10H17N3OS/c1-7-12-13-10(14-7)15-9-5-3-2-4-8(9)6-11/h8-9H,2-6,11H2,1H3. The average Bonchev–Trinajstić information content (AvgIpc) is 2.65. The Balaban J connectivity index is 1.97. The molecule has 2 unspecified atom stereocenters. The van der Waals surface area contributed by atoms with E-state index in [4.69, 9.17) is 10.2 Å². The Morgan fingerprint density at radius 3 is 2.87 bits per heavy atom. The second-order valence-electron chi connectivity index (χ2n) is 4.02. The van der Waals surface area contributed by atoms with Gasteiger partial charge in [-0.3, -0.25) is 0 Å². The number of aromatic nitrogens is 2. The molecule has 4 nitrogen and oxygen atoms in total. The van der Waals surface area contributed by atoms with E-state index >= 15 is 0 Å². The predicted molar refractivity (Wildman–Crippen MR) is 59.7 cm³/mol. The Morgan fingerprint density at radius 2 is 2.20 bits per heavy atom. The zero-order valence-electron chi connectivity index (χ0n) is 8.98. The van der Waals surface area contributed by atoms with Crippen LogP contribution in [0.25, 0.3) is 0 Å². The summed E-state index contributed by atoms with van der Waals surface area (Å²) in [6.45, 7) is 2.59. The summed E-state index contributed by atoms with van der Waals surface area (Å²) in [5.74, 6) is 1.24. The van der Waals surface area contributed by atoms with E-state index in [1.807, 2.05) is 6.92 Å². The van der Waals surface area contributed by atoms with E-state index in [9.17, 15) is 0 Å². The monoisotopic (exact) mass is 227 g/mol. The minimum absolute atomic E-state index is 0.559. The van der Waals surface area contributed by atoms with Gasteiger partial charge in [0.05, 0.1) is 0 Å². The van der Waals surface area contributed by atoms with E-state index in [-0.39, 0.29) is 0 Å². The molecule has 1 aliphatic carbocycles. The number of rotatable bonds is 3. The molecular weight excluding hydrogens is 210 g/mol. The van der Waals surface area contributed by atoms with Crippen LogP contribution in [0.5, 0.6) is 0 Å². The molecule has 2 atom stereocenters. The topological polar surface area (TPSA) is 64.9 Å². The Hall–Kier alpha value is -0.550. The molecule has 2 rings (SSSR count). The SMILES string of the molecule is Cc1nnc(SC2CCCCC2CN)o1. The van der Waals surface area contributed by atoms with Gasteiger partial charge in [-0.05, 0) is 25.3 Å². The van der Waals surface area contributed by atoms with Crippen molar-refractivity contribution in [2.24, 2.45) is 11.7 Å². The van der Waals surface area contributed by atoms with Crippen molar-refractivity contribution in [2.45, 2.75) is 43.1 Å². The lowest BCUT2D eigenvalue weighted by Gasteiger charge is -2.28. The van der Waals surface area contributed by atoms with Crippen LogP contribution in [0.3, 0.4) is 0 Å². The summed E-state index contributed by atoms with van der Waals surface area (Å²) in [5, 5.41) is 9.10. The summed E-state index contributed by atoms with van der Waals surface area (Å²) in [6, 6.07) is 0. The average molecular weight is 227 g/mol. The van der Waals surface area contributed by atoms with Crippen LogP contribution in [0.4, 0.5) is 0 Å². The maximum atomic E-state index is 5.77. The third-order valence-electron chi connectivity index (χ3n) is 2.90. The van der Waals surface area contributed by atoms with Crippen LogP contribution < -0.4 is 5.73 Å². The van der Waals surface area contributed by atoms with Crippen molar-refractivity contribution >= 4 is 11.8 Å². The van der Waals surface area contributed by atoms with Crippen molar-refractivity contribution in [1.82, 2.24) is 10.2 Å². The van der Waals surface area contributed by atoms with Crippen molar-refractivity contribution in [1.29, 1.82) is 0 Å². The summed E-state index contributed by atoms with van der Waals surface area (Å²) < 4.78 is 5.38. The quantitative estimate of drug-likeness (QED) is 0.855. The lowest BCUT2D eigenvalue weighted by atomic mass is 9.89. The third kappa shape index (κ3) is 2.72. The molecule has 0 amide bonds. The second kappa shape index (κ2) is 4.99. The summed E-state index contributed by atoms with van der Waals surface area (Å²) in [5.41, 5.74) is 5.77. The van der Waals surface area contributed by atoms with Crippen molar-refractivity contribution in [3.05, 3.63) is 5.89 Å². The van der Waals surface area contributed by atoms with Gasteiger partial charge in [-0.2, -0.15) is 0 Å². The molecule has 15 heavy (non-hydrogen) atoms. The number of nitrogens with zero attached hydrogens (tertiary/aromatic N) is 2. The van der Waals surface area contributed by atoms with Gasteiger partial charge in [0.15, 0.2) is 0 Å².